The fourth-order valence-electron chi connectivity index (χ4n) is 1.59. The van der Waals surface area contributed by atoms with Gasteiger partial charge in [0.1, 0.15) is 11.3 Å². The molecule has 0 aromatic carbocycles. The molecule has 0 unspecified atom stereocenters. The van der Waals surface area contributed by atoms with Gasteiger partial charge in [-0.15, -0.1) is 0 Å². The average molecular weight is 187 g/mol. The summed E-state index contributed by atoms with van der Waals surface area (Å²) in [6.07, 6.45) is 4.83. The number of nitrogens with zero attached hydrogens (tertiary/aromatic N) is 2. The molecule has 70 valence electrons. The Bertz CT molecular complexity index is 499. The number of aldehydes is 1. The lowest BCUT2D eigenvalue weighted by molar-refractivity contribution is 0.112. The van der Waals surface area contributed by atoms with E-state index in [9.17, 15) is 4.79 Å². The zero-order valence-electron chi connectivity index (χ0n) is 7.53. The van der Waals surface area contributed by atoms with Crippen LogP contribution in [0.3, 0.4) is 0 Å². The fourth-order valence-corrected chi connectivity index (χ4v) is 1.59. The number of hydrogen-bond donors (Lipinski definition) is 1. The first-order valence-electron chi connectivity index (χ1n) is 4.68. The van der Waals surface area contributed by atoms with Crippen LogP contribution in [0.2, 0.25) is 0 Å². The molecule has 1 fully saturated rings. The Labute approximate surface area is 80.4 Å². The lowest BCUT2D eigenvalue weighted by Crippen LogP contribution is -1.84. The molecular formula is C10H9N3O. The molecule has 14 heavy (non-hydrogen) atoms. The quantitative estimate of drug-likeness (QED) is 0.727. The van der Waals surface area contributed by atoms with Crippen LogP contribution in [0, 0.1) is 0 Å². The zero-order valence-corrected chi connectivity index (χ0v) is 7.53. The number of H-pyrrole nitrogens is 1. The van der Waals surface area contributed by atoms with Gasteiger partial charge in [-0.1, -0.05) is 0 Å². The van der Waals surface area contributed by atoms with Crippen LogP contribution in [0.25, 0.3) is 11.2 Å². The molecule has 0 bridgehead atoms. The van der Waals surface area contributed by atoms with Gasteiger partial charge in [0.2, 0.25) is 0 Å². The van der Waals surface area contributed by atoms with E-state index in [0.29, 0.717) is 17.0 Å². The highest BCUT2D eigenvalue weighted by Crippen LogP contribution is 2.38. The predicted molar refractivity (Wildman–Crippen MR) is 51.3 cm³/mol. The largest absolute Gasteiger partial charge is 0.326 e. The number of pyridine rings is 1. The molecule has 0 radical (unpaired) electrons. The number of carbonyl (C=O) groups is 1. The lowest BCUT2D eigenvalue weighted by atomic mass is 10.3. The number of rotatable bonds is 2. The van der Waals surface area contributed by atoms with E-state index in [-0.39, 0.29) is 0 Å². The Morgan fingerprint density at radius 1 is 1.50 bits per heavy atom. The predicted octanol–water partition coefficient (Wildman–Crippen LogP) is 1.65. The van der Waals surface area contributed by atoms with Gasteiger partial charge in [0.15, 0.2) is 11.9 Å². The maximum Gasteiger partial charge on any atom is 0.158 e. The highest BCUT2D eigenvalue weighted by Gasteiger charge is 2.27. The zero-order chi connectivity index (χ0) is 9.54. The summed E-state index contributed by atoms with van der Waals surface area (Å²) in [6.45, 7) is 0. The van der Waals surface area contributed by atoms with E-state index in [1.807, 2.05) is 0 Å². The van der Waals surface area contributed by atoms with Gasteiger partial charge < -0.3 is 4.98 Å². The second-order valence-electron chi connectivity index (χ2n) is 3.61. The fraction of sp³-hybridized carbons (Fsp3) is 0.300. The minimum absolute atomic E-state index is 0.559. The Morgan fingerprint density at radius 2 is 2.36 bits per heavy atom. The molecule has 4 nitrogen and oxygen atoms in total. The molecule has 3 rings (SSSR count). The molecule has 1 aliphatic carbocycles. The van der Waals surface area contributed by atoms with Crippen molar-refractivity contribution >= 4 is 17.5 Å². The number of hydrogen-bond acceptors (Lipinski definition) is 3. The van der Waals surface area contributed by atoms with E-state index in [4.69, 9.17) is 0 Å². The molecule has 0 saturated heterocycles. The van der Waals surface area contributed by atoms with Crippen molar-refractivity contribution in [2.75, 3.05) is 0 Å². The normalized spacial score (nSPS) is 16.0. The van der Waals surface area contributed by atoms with Crippen molar-refractivity contribution in [1.29, 1.82) is 0 Å². The Balaban J connectivity index is 2.25. The monoisotopic (exact) mass is 187 g/mol. The van der Waals surface area contributed by atoms with Crippen LogP contribution in [-0.4, -0.2) is 21.2 Å². The van der Waals surface area contributed by atoms with Crippen molar-refractivity contribution in [3.63, 3.8) is 0 Å². The van der Waals surface area contributed by atoms with Gasteiger partial charge in [0.05, 0.1) is 0 Å². The second-order valence-corrected chi connectivity index (χ2v) is 3.61. The highest BCUT2D eigenvalue weighted by molar-refractivity contribution is 5.92. The summed E-state index contributed by atoms with van der Waals surface area (Å²) < 4.78 is 0. The smallest absolute Gasteiger partial charge is 0.158 e. The summed E-state index contributed by atoms with van der Waals surface area (Å²) in [5, 5.41) is 0. The Morgan fingerprint density at radius 3 is 3.07 bits per heavy atom. The summed E-state index contributed by atoms with van der Waals surface area (Å²) >= 11 is 0. The van der Waals surface area contributed by atoms with Crippen molar-refractivity contribution < 1.29 is 4.79 Å². The van der Waals surface area contributed by atoms with Crippen molar-refractivity contribution in [3.05, 3.63) is 23.7 Å². The SMILES string of the molecule is O=Cc1ccnc2[nH]c(C3CC3)nc12. The second kappa shape index (κ2) is 2.64. The van der Waals surface area contributed by atoms with Gasteiger partial charge in [-0.3, -0.25) is 4.79 Å². The first-order chi connectivity index (χ1) is 6.88. The van der Waals surface area contributed by atoms with Gasteiger partial charge in [0.25, 0.3) is 0 Å². The van der Waals surface area contributed by atoms with Crippen LogP contribution in [-0.2, 0) is 0 Å². The summed E-state index contributed by atoms with van der Waals surface area (Å²) in [5.41, 5.74) is 2.03. The highest BCUT2D eigenvalue weighted by atomic mass is 16.1. The third kappa shape index (κ3) is 1.04. The van der Waals surface area contributed by atoms with E-state index in [1.165, 1.54) is 12.8 Å². The van der Waals surface area contributed by atoms with Crippen molar-refractivity contribution in [2.45, 2.75) is 18.8 Å². The summed E-state index contributed by atoms with van der Waals surface area (Å²) in [7, 11) is 0. The van der Waals surface area contributed by atoms with E-state index < -0.39 is 0 Å². The molecule has 1 saturated carbocycles. The number of nitrogens with one attached hydrogen (secondary N) is 1. The molecule has 2 aromatic rings. The molecule has 0 amide bonds. The first-order valence-corrected chi connectivity index (χ1v) is 4.68. The van der Waals surface area contributed by atoms with Crippen LogP contribution < -0.4 is 0 Å². The number of aromatic amines is 1. The summed E-state index contributed by atoms with van der Waals surface area (Å²) in [5.74, 6) is 1.53. The lowest BCUT2D eigenvalue weighted by Gasteiger charge is -1.88. The molecule has 1 N–H and O–H groups in total. The van der Waals surface area contributed by atoms with Crippen molar-refractivity contribution in [2.24, 2.45) is 0 Å². The van der Waals surface area contributed by atoms with E-state index in [0.717, 1.165) is 17.8 Å². The number of aromatic nitrogens is 3. The van der Waals surface area contributed by atoms with Crippen LogP contribution in [0.15, 0.2) is 12.3 Å². The topological polar surface area (TPSA) is 58.6 Å². The van der Waals surface area contributed by atoms with Gasteiger partial charge >= 0.3 is 0 Å². The standard InChI is InChI=1S/C10H9N3O/c14-5-7-3-4-11-10-8(7)12-9(13-10)6-1-2-6/h3-6H,1-2H2,(H,11,12,13). The van der Waals surface area contributed by atoms with Gasteiger partial charge in [0, 0.05) is 17.7 Å². The molecule has 0 aliphatic heterocycles. The third-order valence-corrected chi connectivity index (χ3v) is 2.53. The van der Waals surface area contributed by atoms with Crippen LogP contribution in [0.5, 0.6) is 0 Å². The number of imidazole rings is 1. The third-order valence-electron chi connectivity index (χ3n) is 2.53. The van der Waals surface area contributed by atoms with Gasteiger partial charge in [-0.2, -0.15) is 0 Å². The first kappa shape index (κ1) is 7.67. The number of carbonyl (C=O) groups excluding carboxylic acids is 1. The number of fused-ring (bicyclic) bond motifs is 1. The molecule has 2 heterocycles. The van der Waals surface area contributed by atoms with Gasteiger partial charge in [-0.05, 0) is 18.9 Å². The minimum Gasteiger partial charge on any atom is -0.326 e. The molecule has 1 aliphatic rings. The van der Waals surface area contributed by atoms with Crippen molar-refractivity contribution in [3.8, 4) is 0 Å². The van der Waals surface area contributed by atoms with Crippen LogP contribution >= 0.6 is 0 Å². The van der Waals surface area contributed by atoms with E-state index in [1.54, 1.807) is 12.3 Å². The summed E-state index contributed by atoms with van der Waals surface area (Å²) in [4.78, 5) is 22.4. The average Bonchev–Trinajstić information content (AvgIpc) is 2.97. The minimum atomic E-state index is 0.559. The van der Waals surface area contributed by atoms with Crippen LogP contribution in [0.1, 0.15) is 34.9 Å². The maximum atomic E-state index is 10.7. The van der Waals surface area contributed by atoms with E-state index >= 15 is 0 Å². The molecule has 0 atom stereocenters. The molecule has 4 heteroatoms. The molecule has 2 aromatic heterocycles. The maximum absolute atomic E-state index is 10.7. The molecular weight excluding hydrogens is 178 g/mol. The Hall–Kier alpha value is -1.71. The molecule has 0 spiro atoms. The van der Waals surface area contributed by atoms with Crippen LogP contribution in [0.4, 0.5) is 0 Å². The van der Waals surface area contributed by atoms with Gasteiger partial charge in [-0.25, -0.2) is 9.97 Å². The van der Waals surface area contributed by atoms with E-state index in [2.05, 4.69) is 15.0 Å². The Kier molecular flexibility index (Phi) is 1.45. The summed E-state index contributed by atoms with van der Waals surface area (Å²) in [6, 6.07) is 1.69. The van der Waals surface area contributed by atoms with Crippen molar-refractivity contribution in [1.82, 2.24) is 15.0 Å².